The first-order valence-electron chi connectivity index (χ1n) is 9.42. The topological polar surface area (TPSA) is 9.23 Å². The third-order valence-electron chi connectivity index (χ3n) is 5.38. The van der Waals surface area contributed by atoms with E-state index in [1.807, 2.05) is 0 Å². The SMILES string of the molecule is CCCC[CH2][Ge]([CH3])([CH2]CCCC)[O][Ge]([CH3])([CH](C)C)[CH](C)C. The van der Waals surface area contributed by atoms with Crippen molar-refractivity contribution in [1.82, 2.24) is 0 Å². The van der Waals surface area contributed by atoms with Gasteiger partial charge in [0.25, 0.3) is 0 Å². The third-order valence-corrected chi connectivity index (χ3v) is 33.0. The average molecular weight is 420 g/mol. The molecule has 0 amide bonds. The van der Waals surface area contributed by atoms with E-state index in [2.05, 4.69) is 53.1 Å². The molecule has 0 atom stereocenters. The van der Waals surface area contributed by atoms with E-state index in [0.717, 1.165) is 9.50 Å². The van der Waals surface area contributed by atoms with Crippen LogP contribution in [0.1, 0.15) is 80.1 Å². The van der Waals surface area contributed by atoms with Crippen molar-refractivity contribution in [1.29, 1.82) is 0 Å². The van der Waals surface area contributed by atoms with Crippen molar-refractivity contribution in [3.8, 4) is 0 Å². The second-order valence-electron chi connectivity index (χ2n) is 7.96. The summed E-state index contributed by atoms with van der Waals surface area (Å²) in [5.41, 5.74) is 0. The van der Waals surface area contributed by atoms with Gasteiger partial charge in [0.05, 0.1) is 0 Å². The van der Waals surface area contributed by atoms with Crippen molar-refractivity contribution in [2.45, 2.75) is 112 Å². The van der Waals surface area contributed by atoms with E-state index in [9.17, 15) is 0 Å². The van der Waals surface area contributed by atoms with E-state index in [4.69, 9.17) is 2.79 Å². The Hall–Kier alpha value is 1.05. The molecule has 3 heteroatoms. The summed E-state index contributed by atoms with van der Waals surface area (Å²) in [7, 11) is 0. The summed E-state index contributed by atoms with van der Waals surface area (Å²) in [6.07, 6.45) is 8.28. The average Bonchev–Trinajstić information content (AvgIpc) is 2.38. The molecule has 0 bridgehead atoms. The Balaban J connectivity index is 4.91. The normalized spacial score (nSPS) is 13.4. The van der Waals surface area contributed by atoms with E-state index in [1.165, 1.54) is 49.0 Å². The Morgan fingerprint density at radius 2 is 1.10 bits per heavy atom. The van der Waals surface area contributed by atoms with Crippen LogP contribution in [-0.4, -0.2) is 27.2 Å². The van der Waals surface area contributed by atoms with Crippen molar-refractivity contribution < 1.29 is 2.79 Å². The van der Waals surface area contributed by atoms with Gasteiger partial charge in [-0.15, -0.1) is 0 Å². The van der Waals surface area contributed by atoms with Crippen LogP contribution in [0.4, 0.5) is 0 Å². The Kier molecular flexibility index (Phi) is 11.3. The van der Waals surface area contributed by atoms with Gasteiger partial charge in [0.2, 0.25) is 0 Å². The van der Waals surface area contributed by atoms with Crippen molar-refractivity contribution in [2.24, 2.45) is 0 Å². The van der Waals surface area contributed by atoms with Gasteiger partial charge in [-0.25, -0.2) is 0 Å². The molecule has 0 saturated heterocycles. The summed E-state index contributed by atoms with van der Waals surface area (Å²) < 4.78 is 8.79. The van der Waals surface area contributed by atoms with Gasteiger partial charge in [-0.05, 0) is 0 Å². The standard InChI is InChI=1S/C18H42Ge2O/c1-9-11-13-15-19(7,16-14-12-10-2)21-20(8,17(3)4)18(5)6/h17-18H,9-16H2,1-8H3. The van der Waals surface area contributed by atoms with Crippen LogP contribution in [0.25, 0.3) is 0 Å². The van der Waals surface area contributed by atoms with E-state index in [0.29, 0.717) is 0 Å². The van der Waals surface area contributed by atoms with Gasteiger partial charge in [0.1, 0.15) is 0 Å². The number of rotatable bonds is 12. The third kappa shape index (κ3) is 7.92. The molecule has 0 heterocycles. The molecular weight excluding hydrogens is 377 g/mol. The minimum atomic E-state index is -2.15. The molecule has 128 valence electrons. The van der Waals surface area contributed by atoms with Crippen LogP contribution >= 0.6 is 0 Å². The summed E-state index contributed by atoms with van der Waals surface area (Å²) in [6, 6.07) is 0. The fraction of sp³-hybridized carbons (Fsp3) is 1.00. The number of hydrogen-bond acceptors (Lipinski definition) is 1. The van der Waals surface area contributed by atoms with Crippen LogP contribution in [0.2, 0.25) is 31.5 Å². The fourth-order valence-electron chi connectivity index (χ4n) is 3.16. The number of unbranched alkanes of at least 4 members (excludes halogenated alkanes) is 4. The molecule has 0 saturated carbocycles. The first-order chi connectivity index (χ1) is 9.72. The van der Waals surface area contributed by atoms with E-state index in [1.54, 1.807) is 0 Å². The van der Waals surface area contributed by atoms with Crippen LogP contribution in [0.3, 0.4) is 0 Å². The zero-order chi connectivity index (χ0) is 16.5. The molecule has 0 aromatic heterocycles. The van der Waals surface area contributed by atoms with Crippen LogP contribution in [0, 0.1) is 0 Å². The molecular formula is C18H42Ge2O. The van der Waals surface area contributed by atoms with Gasteiger partial charge in [-0.1, -0.05) is 0 Å². The van der Waals surface area contributed by atoms with Gasteiger partial charge < -0.3 is 0 Å². The Labute approximate surface area is 141 Å². The summed E-state index contributed by atoms with van der Waals surface area (Å²) in [4.78, 5) is 0. The van der Waals surface area contributed by atoms with Gasteiger partial charge in [0.15, 0.2) is 0 Å². The molecule has 0 N–H and O–H groups in total. The quantitative estimate of drug-likeness (QED) is 0.237. The molecule has 0 aromatic carbocycles. The second kappa shape index (κ2) is 10.8. The maximum atomic E-state index is 7.22. The van der Waals surface area contributed by atoms with Crippen molar-refractivity contribution in [3.63, 3.8) is 0 Å². The molecule has 0 aliphatic rings. The Morgan fingerprint density at radius 3 is 1.38 bits per heavy atom. The van der Waals surface area contributed by atoms with E-state index in [-0.39, 0.29) is 0 Å². The van der Waals surface area contributed by atoms with Crippen LogP contribution in [-0.2, 0) is 2.79 Å². The van der Waals surface area contributed by atoms with Gasteiger partial charge in [0, 0.05) is 0 Å². The van der Waals surface area contributed by atoms with Crippen LogP contribution < -0.4 is 0 Å². The first-order valence-corrected chi connectivity index (χ1v) is 20.7. The fourth-order valence-corrected chi connectivity index (χ4v) is 33.3. The second-order valence-corrected chi connectivity index (χ2v) is 28.6. The van der Waals surface area contributed by atoms with Crippen LogP contribution in [0.5, 0.6) is 0 Å². The van der Waals surface area contributed by atoms with Crippen LogP contribution in [0.15, 0.2) is 0 Å². The van der Waals surface area contributed by atoms with Gasteiger partial charge >= 0.3 is 142 Å². The predicted molar refractivity (Wildman–Crippen MR) is 103 cm³/mol. The van der Waals surface area contributed by atoms with Gasteiger partial charge in [-0.3, -0.25) is 0 Å². The molecule has 0 aliphatic carbocycles. The summed E-state index contributed by atoms with van der Waals surface area (Å²) in [5, 5.41) is 2.88. The van der Waals surface area contributed by atoms with E-state index < -0.39 is 27.2 Å². The van der Waals surface area contributed by atoms with Crippen molar-refractivity contribution in [2.75, 3.05) is 0 Å². The molecule has 1 nitrogen and oxygen atoms in total. The molecule has 0 radical (unpaired) electrons. The molecule has 0 spiro atoms. The molecule has 0 rings (SSSR count). The summed E-state index contributed by atoms with van der Waals surface area (Å²) >= 11 is -4.22. The first kappa shape index (κ1) is 22.0. The predicted octanol–water partition coefficient (Wildman–Crippen LogP) is 7.35. The Bertz CT molecular complexity index is 246. The number of hydrogen-bond donors (Lipinski definition) is 0. The van der Waals surface area contributed by atoms with Crippen molar-refractivity contribution >= 4 is 27.2 Å². The molecule has 0 aromatic rings. The summed E-state index contributed by atoms with van der Waals surface area (Å²) in [5.74, 6) is 5.15. The Morgan fingerprint density at radius 1 is 0.714 bits per heavy atom. The molecule has 0 fully saturated rings. The zero-order valence-electron chi connectivity index (χ0n) is 16.2. The molecule has 0 unspecified atom stereocenters. The minimum absolute atomic E-state index is 0.785. The molecule has 0 aliphatic heterocycles. The maximum absolute atomic E-state index is 7.22. The summed E-state index contributed by atoms with van der Waals surface area (Å²) in [6.45, 7) is 14.3. The zero-order valence-corrected chi connectivity index (χ0v) is 20.4. The van der Waals surface area contributed by atoms with E-state index >= 15 is 0 Å². The van der Waals surface area contributed by atoms with Gasteiger partial charge in [-0.2, -0.15) is 0 Å². The monoisotopic (exact) mass is 422 g/mol. The van der Waals surface area contributed by atoms with Crippen molar-refractivity contribution in [3.05, 3.63) is 0 Å². The molecule has 21 heavy (non-hydrogen) atoms.